The summed E-state index contributed by atoms with van der Waals surface area (Å²) in [6.45, 7) is 4.82. The summed E-state index contributed by atoms with van der Waals surface area (Å²) < 4.78 is 10.3. The van der Waals surface area contributed by atoms with Crippen molar-refractivity contribution in [3.63, 3.8) is 0 Å². The van der Waals surface area contributed by atoms with Gasteiger partial charge in [0.05, 0.1) is 14.2 Å². The van der Waals surface area contributed by atoms with E-state index in [4.69, 9.17) is 9.47 Å². The second kappa shape index (κ2) is 7.31. The summed E-state index contributed by atoms with van der Waals surface area (Å²) in [5.41, 5.74) is 2.94. The van der Waals surface area contributed by atoms with Crippen molar-refractivity contribution in [1.29, 1.82) is 0 Å². The van der Waals surface area contributed by atoms with Gasteiger partial charge in [-0.25, -0.2) is 4.79 Å². The zero-order chi connectivity index (χ0) is 19.0. The summed E-state index contributed by atoms with van der Waals surface area (Å²) in [5.74, 6) is 2.12. The number of hydrogen-bond acceptors (Lipinski definition) is 4. The van der Waals surface area contributed by atoms with Crippen LogP contribution in [0.1, 0.15) is 43.7 Å². The summed E-state index contributed by atoms with van der Waals surface area (Å²) >= 11 is 0. The normalized spacial score (nSPS) is 30.2. The fraction of sp³-hybridized carbons (Fsp3) is 0.609. The maximum absolute atomic E-state index is 11.6. The minimum atomic E-state index is -0.275. The van der Waals surface area contributed by atoms with Crippen molar-refractivity contribution in [2.24, 2.45) is 11.8 Å². The van der Waals surface area contributed by atoms with Gasteiger partial charge in [-0.3, -0.25) is 4.90 Å². The van der Waals surface area contributed by atoms with Crippen molar-refractivity contribution in [2.75, 3.05) is 27.3 Å². The molecule has 1 aliphatic heterocycles. The van der Waals surface area contributed by atoms with E-state index in [1.807, 2.05) is 6.08 Å². The zero-order valence-corrected chi connectivity index (χ0v) is 16.7. The number of rotatable bonds is 6. The molecule has 1 saturated carbocycles. The fourth-order valence-corrected chi connectivity index (χ4v) is 5.35. The number of hydrogen-bond donors (Lipinski definition) is 0. The quantitative estimate of drug-likeness (QED) is 0.566. The number of nitrogens with zero attached hydrogens (tertiary/aromatic N) is 1. The van der Waals surface area contributed by atoms with Crippen LogP contribution in [-0.2, 0) is 21.4 Å². The van der Waals surface area contributed by atoms with Crippen LogP contribution >= 0.6 is 0 Å². The molecule has 2 bridgehead atoms. The molecule has 3 atom stereocenters. The van der Waals surface area contributed by atoms with Crippen LogP contribution in [0.15, 0.2) is 30.4 Å². The van der Waals surface area contributed by atoms with E-state index in [2.05, 4.69) is 30.0 Å². The van der Waals surface area contributed by atoms with Gasteiger partial charge in [0.1, 0.15) is 5.75 Å². The molecule has 0 amide bonds. The van der Waals surface area contributed by atoms with Crippen LogP contribution in [0.4, 0.5) is 0 Å². The molecule has 4 rings (SSSR count). The molecule has 0 radical (unpaired) electrons. The SMILES string of the molecule is COC(=O)C=CCC12CCN(CC3CC3)C(Cc3ccc(OC)cc31)C2C. The van der Waals surface area contributed by atoms with Crippen LogP contribution in [0.25, 0.3) is 0 Å². The first-order valence-corrected chi connectivity index (χ1v) is 10.2. The maximum atomic E-state index is 11.6. The number of benzene rings is 1. The monoisotopic (exact) mass is 369 g/mol. The zero-order valence-electron chi connectivity index (χ0n) is 16.7. The third-order valence-corrected chi connectivity index (χ3v) is 7.17. The van der Waals surface area contributed by atoms with Crippen LogP contribution in [0.2, 0.25) is 0 Å². The minimum absolute atomic E-state index is 0.0668. The Morgan fingerprint density at radius 2 is 2.15 bits per heavy atom. The van der Waals surface area contributed by atoms with Crippen molar-refractivity contribution in [2.45, 2.75) is 50.5 Å². The number of fused-ring (bicyclic) bond motifs is 4. The summed E-state index contributed by atoms with van der Waals surface area (Å²) in [5, 5.41) is 0. The van der Waals surface area contributed by atoms with Crippen molar-refractivity contribution >= 4 is 5.97 Å². The van der Waals surface area contributed by atoms with Gasteiger partial charge in [0.25, 0.3) is 0 Å². The molecule has 0 N–H and O–H groups in total. The number of likely N-dealkylation sites (tertiary alicyclic amines) is 1. The molecule has 0 spiro atoms. The lowest BCUT2D eigenvalue weighted by Gasteiger charge is -2.56. The Kier molecular flexibility index (Phi) is 5.02. The Morgan fingerprint density at radius 1 is 1.33 bits per heavy atom. The first kappa shape index (κ1) is 18.5. The highest BCUT2D eigenvalue weighted by molar-refractivity contribution is 5.81. The van der Waals surface area contributed by atoms with Crippen molar-refractivity contribution < 1.29 is 14.3 Å². The molecule has 1 aromatic rings. The van der Waals surface area contributed by atoms with E-state index in [1.165, 1.54) is 37.6 Å². The highest BCUT2D eigenvalue weighted by atomic mass is 16.5. The molecule has 1 saturated heterocycles. The van der Waals surface area contributed by atoms with Gasteiger partial charge in [-0.1, -0.05) is 19.1 Å². The van der Waals surface area contributed by atoms with E-state index in [0.29, 0.717) is 12.0 Å². The van der Waals surface area contributed by atoms with E-state index >= 15 is 0 Å². The van der Waals surface area contributed by atoms with Crippen molar-refractivity contribution in [1.82, 2.24) is 4.90 Å². The van der Waals surface area contributed by atoms with Gasteiger partial charge in [0.15, 0.2) is 0 Å². The molecular weight excluding hydrogens is 338 g/mol. The molecule has 4 nitrogen and oxygen atoms in total. The van der Waals surface area contributed by atoms with Gasteiger partial charge in [-0.2, -0.15) is 0 Å². The smallest absolute Gasteiger partial charge is 0.330 e. The van der Waals surface area contributed by atoms with Gasteiger partial charge in [-0.05, 0) is 73.7 Å². The molecule has 2 fully saturated rings. The lowest BCUT2D eigenvalue weighted by molar-refractivity contribution is -0.134. The summed E-state index contributed by atoms with van der Waals surface area (Å²) in [6, 6.07) is 7.18. The number of carbonyl (C=O) groups excluding carboxylic acids is 1. The van der Waals surface area contributed by atoms with E-state index in [-0.39, 0.29) is 11.4 Å². The average Bonchev–Trinajstić information content (AvgIpc) is 3.49. The number of piperidine rings is 1. The van der Waals surface area contributed by atoms with Crippen LogP contribution < -0.4 is 4.74 Å². The first-order valence-electron chi connectivity index (χ1n) is 10.2. The van der Waals surface area contributed by atoms with Crippen LogP contribution in [0, 0.1) is 11.8 Å². The topological polar surface area (TPSA) is 38.8 Å². The molecule has 2 aliphatic carbocycles. The maximum Gasteiger partial charge on any atom is 0.330 e. The number of esters is 1. The number of allylic oxidation sites excluding steroid dienone is 1. The van der Waals surface area contributed by atoms with E-state index in [9.17, 15) is 4.79 Å². The average molecular weight is 370 g/mol. The van der Waals surface area contributed by atoms with Crippen LogP contribution in [-0.4, -0.2) is 44.2 Å². The highest BCUT2D eigenvalue weighted by Crippen LogP contribution is 2.52. The molecule has 27 heavy (non-hydrogen) atoms. The van der Waals surface area contributed by atoms with E-state index in [1.54, 1.807) is 13.2 Å². The molecular formula is C23H31NO3. The summed E-state index contributed by atoms with van der Waals surface area (Å²) in [7, 11) is 3.17. The highest BCUT2D eigenvalue weighted by Gasteiger charge is 2.51. The minimum Gasteiger partial charge on any atom is -0.497 e. The van der Waals surface area contributed by atoms with Gasteiger partial charge in [0, 0.05) is 24.1 Å². The first-order chi connectivity index (χ1) is 13.1. The van der Waals surface area contributed by atoms with Gasteiger partial charge >= 0.3 is 5.97 Å². The van der Waals surface area contributed by atoms with E-state index in [0.717, 1.165) is 37.5 Å². The third kappa shape index (κ3) is 3.40. The third-order valence-electron chi connectivity index (χ3n) is 7.17. The van der Waals surface area contributed by atoms with Crippen molar-refractivity contribution in [3.05, 3.63) is 41.5 Å². The number of carbonyl (C=O) groups is 1. The Morgan fingerprint density at radius 3 is 2.85 bits per heavy atom. The largest absolute Gasteiger partial charge is 0.497 e. The van der Waals surface area contributed by atoms with E-state index < -0.39 is 0 Å². The predicted octanol–water partition coefficient (Wildman–Crippen LogP) is 3.73. The van der Waals surface area contributed by atoms with Gasteiger partial charge < -0.3 is 9.47 Å². The lowest BCUT2D eigenvalue weighted by Crippen LogP contribution is -2.59. The van der Waals surface area contributed by atoms with Gasteiger partial charge in [-0.15, -0.1) is 0 Å². The number of methoxy groups -OCH3 is 2. The molecule has 1 aromatic carbocycles. The van der Waals surface area contributed by atoms with Gasteiger partial charge in [0.2, 0.25) is 0 Å². The molecule has 4 heteroatoms. The fourth-order valence-electron chi connectivity index (χ4n) is 5.35. The second-order valence-corrected chi connectivity index (χ2v) is 8.56. The Balaban J connectivity index is 1.69. The molecule has 146 valence electrons. The summed E-state index contributed by atoms with van der Waals surface area (Å²) in [4.78, 5) is 14.3. The molecule has 3 unspecified atom stereocenters. The Labute approximate surface area is 162 Å². The Bertz CT molecular complexity index is 739. The molecule has 0 aromatic heterocycles. The second-order valence-electron chi connectivity index (χ2n) is 8.56. The molecule has 3 aliphatic rings. The summed E-state index contributed by atoms with van der Waals surface area (Å²) in [6.07, 6.45) is 9.53. The number of ether oxygens (including phenoxy) is 2. The predicted molar refractivity (Wildman–Crippen MR) is 106 cm³/mol. The van der Waals surface area contributed by atoms with Crippen molar-refractivity contribution in [3.8, 4) is 5.75 Å². The van der Waals surface area contributed by atoms with Crippen LogP contribution in [0.3, 0.4) is 0 Å². The Hall–Kier alpha value is -1.81. The lowest BCUT2D eigenvalue weighted by atomic mass is 9.56. The standard InChI is InChI=1S/C23H31NO3/c1-16-21-13-18-8-9-19(26-2)14-20(18)23(16,10-4-5-22(25)27-3)11-12-24(21)15-17-6-7-17/h4-5,8-9,14,16-17,21H,6-7,10-13,15H2,1-3H3. The van der Waals surface area contributed by atoms with Crippen LogP contribution in [0.5, 0.6) is 5.75 Å². The molecule has 1 heterocycles.